The Bertz CT molecular complexity index is 287. The van der Waals surface area contributed by atoms with Gasteiger partial charge in [-0.1, -0.05) is 6.58 Å². The Morgan fingerprint density at radius 3 is 2.24 bits per heavy atom. The third-order valence-corrected chi connectivity index (χ3v) is 2.46. The lowest BCUT2D eigenvalue weighted by molar-refractivity contribution is -0.152. The van der Waals surface area contributed by atoms with Crippen LogP contribution in [0.1, 0.15) is 26.2 Å². The van der Waals surface area contributed by atoms with Crippen molar-refractivity contribution in [3.63, 3.8) is 0 Å². The first-order valence-electron chi connectivity index (χ1n) is 4.85. The predicted molar refractivity (Wildman–Crippen MR) is 58.4 cm³/mol. The summed E-state index contributed by atoms with van der Waals surface area (Å²) in [5, 5.41) is 0. The number of esters is 1. The van der Waals surface area contributed by atoms with Crippen LogP contribution in [0.4, 0.5) is 17.6 Å². The first kappa shape index (κ1) is 16.4. The topological polar surface area (TPSA) is 26.3 Å². The van der Waals surface area contributed by atoms with Crippen LogP contribution in [-0.2, 0) is 9.53 Å². The molecule has 0 radical (unpaired) electrons. The van der Waals surface area contributed by atoms with Crippen LogP contribution < -0.4 is 0 Å². The predicted octanol–water partition coefficient (Wildman–Crippen LogP) is 3.90. The molecule has 17 heavy (non-hydrogen) atoms. The van der Waals surface area contributed by atoms with Crippen LogP contribution in [0.25, 0.3) is 0 Å². The van der Waals surface area contributed by atoms with Gasteiger partial charge in [-0.3, -0.25) is 0 Å². The highest BCUT2D eigenvalue weighted by molar-refractivity contribution is 9.10. The summed E-state index contributed by atoms with van der Waals surface area (Å²) >= 11 is 1.63. The number of unbranched alkanes of at least 4 members (excludes halogenated alkanes) is 1. The van der Waals surface area contributed by atoms with E-state index in [1.807, 2.05) is 0 Å². The van der Waals surface area contributed by atoms with Gasteiger partial charge in [0, 0.05) is 12.0 Å². The molecule has 0 aromatic carbocycles. The maximum atomic E-state index is 12.7. The molecule has 0 fully saturated rings. The summed E-state index contributed by atoms with van der Waals surface area (Å²) < 4.78 is 54.7. The maximum absolute atomic E-state index is 12.7. The van der Waals surface area contributed by atoms with Crippen molar-refractivity contribution in [1.82, 2.24) is 0 Å². The van der Waals surface area contributed by atoms with Gasteiger partial charge >= 0.3 is 16.7 Å². The van der Waals surface area contributed by atoms with E-state index in [0.29, 0.717) is 0 Å². The first-order chi connectivity index (χ1) is 7.58. The second-order valence-electron chi connectivity index (χ2n) is 3.58. The average molecular weight is 321 g/mol. The zero-order chi connectivity index (χ0) is 13.7. The molecule has 0 heterocycles. The van der Waals surface area contributed by atoms with E-state index in [-0.39, 0.29) is 25.0 Å². The van der Waals surface area contributed by atoms with Crippen molar-refractivity contribution in [3.8, 4) is 0 Å². The van der Waals surface area contributed by atoms with Gasteiger partial charge < -0.3 is 4.74 Å². The van der Waals surface area contributed by atoms with Crippen molar-refractivity contribution < 1.29 is 27.1 Å². The number of carbonyl (C=O) groups excluding carboxylic acids is 1. The van der Waals surface area contributed by atoms with Crippen LogP contribution in [0.2, 0.25) is 0 Å². The highest BCUT2D eigenvalue weighted by atomic mass is 79.9. The standard InChI is InChI=1S/C10H13BrF4O2/c1-7(2)8(16)17-6-4-3-5-9(12,13)10(11,14)15/h1,3-6H2,2H3. The lowest BCUT2D eigenvalue weighted by Crippen LogP contribution is -2.34. The molecular weight excluding hydrogens is 308 g/mol. The van der Waals surface area contributed by atoms with E-state index in [1.54, 1.807) is 15.9 Å². The Morgan fingerprint density at radius 1 is 1.29 bits per heavy atom. The fourth-order valence-corrected chi connectivity index (χ4v) is 1.08. The van der Waals surface area contributed by atoms with Crippen LogP contribution in [-0.4, -0.2) is 23.3 Å². The molecule has 0 amide bonds. The van der Waals surface area contributed by atoms with Crippen LogP contribution in [0.15, 0.2) is 12.2 Å². The fourth-order valence-electron chi connectivity index (χ4n) is 0.879. The van der Waals surface area contributed by atoms with Gasteiger partial charge in [0.05, 0.1) is 6.61 Å². The van der Waals surface area contributed by atoms with E-state index in [0.717, 1.165) is 0 Å². The van der Waals surface area contributed by atoms with Crippen LogP contribution in [0, 0.1) is 0 Å². The van der Waals surface area contributed by atoms with Gasteiger partial charge in [-0.15, -0.1) is 0 Å². The minimum Gasteiger partial charge on any atom is -0.462 e. The molecular formula is C10H13BrF4O2. The highest BCUT2D eigenvalue weighted by Crippen LogP contribution is 2.42. The molecule has 0 aromatic rings. The van der Waals surface area contributed by atoms with E-state index in [2.05, 4.69) is 11.3 Å². The van der Waals surface area contributed by atoms with Gasteiger partial charge in [-0.05, 0) is 35.7 Å². The maximum Gasteiger partial charge on any atom is 0.363 e. The molecule has 0 aliphatic rings. The van der Waals surface area contributed by atoms with Crippen molar-refractivity contribution in [2.24, 2.45) is 0 Å². The quantitative estimate of drug-likeness (QED) is 0.234. The Kier molecular flexibility index (Phi) is 6.15. The van der Waals surface area contributed by atoms with Gasteiger partial charge in [0.1, 0.15) is 0 Å². The number of carbonyl (C=O) groups is 1. The number of ether oxygens (including phenoxy) is 1. The normalized spacial score (nSPS) is 12.4. The first-order valence-corrected chi connectivity index (χ1v) is 5.64. The molecule has 2 nitrogen and oxygen atoms in total. The molecule has 100 valence electrons. The van der Waals surface area contributed by atoms with Crippen LogP contribution in [0.5, 0.6) is 0 Å². The number of hydrogen-bond acceptors (Lipinski definition) is 2. The Hall–Kier alpha value is -0.590. The molecule has 0 aliphatic carbocycles. The molecule has 0 unspecified atom stereocenters. The second kappa shape index (κ2) is 6.37. The minimum absolute atomic E-state index is 0.0877. The molecule has 0 spiro atoms. The second-order valence-corrected chi connectivity index (χ2v) is 4.57. The van der Waals surface area contributed by atoms with E-state index in [9.17, 15) is 22.4 Å². The minimum atomic E-state index is -4.21. The molecule has 0 saturated heterocycles. The third kappa shape index (κ3) is 6.05. The lowest BCUT2D eigenvalue weighted by atomic mass is 10.1. The van der Waals surface area contributed by atoms with E-state index >= 15 is 0 Å². The van der Waals surface area contributed by atoms with Gasteiger partial charge in [-0.25, -0.2) is 4.79 Å². The SMILES string of the molecule is C=C(C)C(=O)OCCCCC(F)(F)C(F)(F)Br. The number of halogens is 5. The monoisotopic (exact) mass is 320 g/mol. The average Bonchev–Trinajstić information content (AvgIpc) is 2.14. The van der Waals surface area contributed by atoms with Crippen molar-refractivity contribution in [3.05, 3.63) is 12.2 Å². The van der Waals surface area contributed by atoms with Gasteiger partial charge in [0.15, 0.2) is 0 Å². The molecule has 0 rings (SSSR count). The molecule has 0 aliphatic heterocycles. The molecule has 7 heteroatoms. The molecule has 0 atom stereocenters. The van der Waals surface area contributed by atoms with E-state index < -0.39 is 23.1 Å². The molecule has 0 saturated carbocycles. The summed E-state index contributed by atoms with van der Waals surface area (Å²) in [5.41, 5.74) is 0.197. The van der Waals surface area contributed by atoms with E-state index in [1.165, 1.54) is 6.92 Å². The lowest BCUT2D eigenvalue weighted by Gasteiger charge is -2.21. The number of rotatable bonds is 7. The summed E-state index contributed by atoms with van der Waals surface area (Å²) in [7, 11) is 0. The number of hydrogen-bond donors (Lipinski definition) is 0. The summed E-state index contributed by atoms with van der Waals surface area (Å²) in [6, 6.07) is 0. The summed E-state index contributed by atoms with van der Waals surface area (Å²) in [6.07, 6.45) is -1.05. The summed E-state index contributed by atoms with van der Waals surface area (Å²) in [6.45, 7) is 4.68. The largest absolute Gasteiger partial charge is 0.462 e. The van der Waals surface area contributed by atoms with Gasteiger partial charge in [0.25, 0.3) is 0 Å². The summed E-state index contributed by atoms with van der Waals surface area (Å²) in [5.74, 6) is -4.73. The van der Waals surface area contributed by atoms with Crippen molar-refractivity contribution in [2.45, 2.75) is 36.9 Å². The van der Waals surface area contributed by atoms with Crippen LogP contribution in [0.3, 0.4) is 0 Å². The van der Waals surface area contributed by atoms with Gasteiger partial charge in [0.2, 0.25) is 0 Å². The zero-order valence-electron chi connectivity index (χ0n) is 9.24. The Balaban J connectivity index is 3.80. The van der Waals surface area contributed by atoms with Gasteiger partial charge in [-0.2, -0.15) is 17.6 Å². The zero-order valence-corrected chi connectivity index (χ0v) is 10.8. The van der Waals surface area contributed by atoms with Crippen molar-refractivity contribution in [2.75, 3.05) is 6.61 Å². The molecule has 0 bridgehead atoms. The molecule has 0 aromatic heterocycles. The highest BCUT2D eigenvalue weighted by Gasteiger charge is 2.53. The third-order valence-electron chi connectivity index (χ3n) is 1.88. The smallest absolute Gasteiger partial charge is 0.363 e. The summed E-state index contributed by atoms with van der Waals surface area (Å²) in [4.78, 5) is 6.65. The van der Waals surface area contributed by atoms with E-state index in [4.69, 9.17) is 0 Å². The van der Waals surface area contributed by atoms with Crippen LogP contribution >= 0.6 is 15.9 Å². The number of alkyl halides is 5. The Labute approximate surface area is 105 Å². The fraction of sp³-hybridized carbons (Fsp3) is 0.700. The van der Waals surface area contributed by atoms with Crippen molar-refractivity contribution in [1.29, 1.82) is 0 Å². The van der Waals surface area contributed by atoms with Crippen molar-refractivity contribution >= 4 is 21.9 Å². The Morgan fingerprint density at radius 2 is 1.82 bits per heavy atom. The molecule has 0 N–H and O–H groups in total.